The fourth-order valence-corrected chi connectivity index (χ4v) is 5.60. The number of nitrogens with zero attached hydrogens (tertiary/aromatic N) is 2. The van der Waals surface area contributed by atoms with E-state index in [9.17, 15) is 4.79 Å². The van der Waals surface area contributed by atoms with Gasteiger partial charge >= 0.3 is 0 Å². The van der Waals surface area contributed by atoms with E-state index in [1.807, 2.05) is 0 Å². The Morgan fingerprint density at radius 1 is 0.500 bits per heavy atom. The predicted octanol–water partition coefficient (Wildman–Crippen LogP) is 8.40. The molecule has 0 aromatic heterocycles. The van der Waals surface area contributed by atoms with Crippen molar-refractivity contribution in [3.63, 3.8) is 0 Å². The number of rotatable bonds is 12. The molecule has 0 aliphatic carbocycles. The molecule has 0 saturated heterocycles. The Morgan fingerprint density at radius 3 is 1.02 bits per heavy atom. The van der Waals surface area contributed by atoms with Crippen LogP contribution in [0.5, 0.6) is 0 Å². The largest absolute Gasteiger partial charge is 0.305 e. The van der Waals surface area contributed by atoms with Crippen LogP contribution in [0.2, 0.25) is 0 Å². The number of benzene rings is 4. The number of hydrogen-bond acceptors (Lipinski definition) is 3. The first-order chi connectivity index (χ1) is 19.3. The summed E-state index contributed by atoms with van der Waals surface area (Å²) in [5, 5.41) is 0. The van der Waals surface area contributed by atoms with Gasteiger partial charge < -0.3 is 9.80 Å². The Morgan fingerprint density at radius 2 is 0.775 bits per heavy atom. The molecular formula is C37H44N2O. The number of ketones is 1. The maximum absolute atomic E-state index is 13.9. The Kier molecular flexibility index (Phi) is 10.1. The second-order valence-corrected chi connectivity index (χ2v) is 11.4. The van der Waals surface area contributed by atoms with E-state index in [0.29, 0.717) is 5.78 Å². The van der Waals surface area contributed by atoms with Gasteiger partial charge in [0.15, 0.2) is 0 Å². The summed E-state index contributed by atoms with van der Waals surface area (Å²) in [4.78, 5) is 18.2. The van der Waals surface area contributed by atoms with Crippen LogP contribution < -0.4 is 0 Å². The first kappa shape index (κ1) is 29.5. The zero-order chi connectivity index (χ0) is 28.6. The maximum Gasteiger partial charge on any atom is 0.147 e. The minimum atomic E-state index is -0.106. The maximum atomic E-state index is 13.9. The molecule has 4 aromatic rings. The van der Waals surface area contributed by atoms with E-state index >= 15 is 0 Å². The van der Waals surface area contributed by atoms with E-state index in [1.165, 1.54) is 33.4 Å². The van der Waals surface area contributed by atoms with Crippen molar-refractivity contribution in [2.45, 2.75) is 51.6 Å². The Hall–Kier alpha value is -3.53. The summed E-state index contributed by atoms with van der Waals surface area (Å²) < 4.78 is 0. The second kappa shape index (κ2) is 13.7. The van der Waals surface area contributed by atoms with Gasteiger partial charge in [0.1, 0.15) is 5.78 Å². The minimum absolute atomic E-state index is 0.106. The van der Waals surface area contributed by atoms with Crippen molar-refractivity contribution in [3.05, 3.63) is 119 Å². The molecule has 4 rings (SSSR count). The van der Waals surface area contributed by atoms with Crippen LogP contribution in [0.4, 0.5) is 0 Å². The van der Waals surface area contributed by atoms with E-state index in [4.69, 9.17) is 0 Å². The molecule has 0 aliphatic rings. The standard InChI is InChI=1S/C37H44N2O/c1-7-35(33-21-17-31(18-22-33)29-13-9-27(10-14-29)25-38(3)4)37(40)36(8-2)34-23-19-32(20-24-34)30-15-11-28(12-16-30)26-39(5)6/h9-24,35-36H,7-8,25-26H2,1-6H3. The van der Waals surface area contributed by atoms with E-state index < -0.39 is 0 Å². The van der Waals surface area contributed by atoms with Crippen LogP contribution in [-0.4, -0.2) is 43.8 Å². The molecule has 0 saturated carbocycles. The fraction of sp³-hybridized carbons (Fsp3) is 0.324. The van der Waals surface area contributed by atoms with Gasteiger partial charge in [-0.2, -0.15) is 0 Å². The first-order valence-electron chi connectivity index (χ1n) is 14.5. The van der Waals surface area contributed by atoms with Crippen molar-refractivity contribution in [1.29, 1.82) is 0 Å². The van der Waals surface area contributed by atoms with Crippen molar-refractivity contribution >= 4 is 5.78 Å². The molecule has 3 heteroatoms. The third kappa shape index (κ3) is 7.35. The molecule has 3 nitrogen and oxygen atoms in total. The highest BCUT2D eigenvalue weighted by atomic mass is 16.1. The number of carbonyl (C=O) groups excluding carboxylic acids is 1. The molecule has 0 fully saturated rings. The average molecular weight is 533 g/mol. The summed E-state index contributed by atoms with van der Waals surface area (Å²) in [5.74, 6) is 0.0994. The quantitative estimate of drug-likeness (QED) is 0.183. The monoisotopic (exact) mass is 532 g/mol. The number of hydrogen-bond donors (Lipinski definition) is 0. The highest BCUT2D eigenvalue weighted by Gasteiger charge is 2.27. The van der Waals surface area contributed by atoms with E-state index in [2.05, 4.69) is 149 Å². The molecule has 208 valence electrons. The average Bonchev–Trinajstić information content (AvgIpc) is 2.95. The van der Waals surface area contributed by atoms with Crippen molar-refractivity contribution in [1.82, 2.24) is 9.80 Å². The fourth-order valence-electron chi connectivity index (χ4n) is 5.60. The first-order valence-corrected chi connectivity index (χ1v) is 14.5. The topological polar surface area (TPSA) is 23.6 Å². The highest BCUT2D eigenvalue weighted by molar-refractivity contribution is 5.92. The molecule has 2 unspecified atom stereocenters. The van der Waals surface area contributed by atoms with Gasteiger partial charge in [0.05, 0.1) is 0 Å². The lowest BCUT2D eigenvalue weighted by Gasteiger charge is -2.22. The Labute approximate surface area is 241 Å². The SMILES string of the molecule is CCC(C(=O)C(CC)c1ccc(-c2ccc(CN(C)C)cc2)cc1)c1ccc(-c2ccc(CN(C)C)cc2)cc1. The highest BCUT2D eigenvalue weighted by Crippen LogP contribution is 2.33. The van der Waals surface area contributed by atoms with Gasteiger partial charge in [-0.1, -0.05) is 111 Å². The van der Waals surface area contributed by atoms with Crippen LogP contribution in [0.25, 0.3) is 22.3 Å². The van der Waals surface area contributed by atoms with E-state index in [-0.39, 0.29) is 11.8 Å². The van der Waals surface area contributed by atoms with Gasteiger partial charge in [0, 0.05) is 24.9 Å². The van der Waals surface area contributed by atoms with Crippen molar-refractivity contribution in [2.75, 3.05) is 28.2 Å². The lowest BCUT2D eigenvalue weighted by molar-refractivity contribution is -0.122. The lowest BCUT2D eigenvalue weighted by Crippen LogP contribution is -2.20. The van der Waals surface area contributed by atoms with E-state index in [1.54, 1.807) is 0 Å². The van der Waals surface area contributed by atoms with Gasteiger partial charge in [-0.3, -0.25) is 4.79 Å². The molecule has 0 aliphatic heterocycles. The van der Waals surface area contributed by atoms with Crippen LogP contribution in [0, 0.1) is 0 Å². The summed E-state index contributed by atoms with van der Waals surface area (Å²) in [5.41, 5.74) is 9.58. The summed E-state index contributed by atoms with van der Waals surface area (Å²) in [6, 6.07) is 34.7. The zero-order valence-electron chi connectivity index (χ0n) is 25.0. The molecule has 0 heterocycles. The van der Waals surface area contributed by atoms with Crippen LogP contribution >= 0.6 is 0 Å². The van der Waals surface area contributed by atoms with Gasteiger partial charge in [0.2, 0.25) is 0 Å². The van der Waals surface area contributed by atoms with Gasteiger partial charge in [-0.25, -0.2) is 0 Å². The zero-order valence-corrected chi connectivity index (χ0v) is 25.0. The molecule has 0 spiro atoms. The van der Waals surface area contributed by atoms with Crippen LogP contribution in [0.1, 0.15) is 60.8 Å². The van der Waals surface area contributed by atoms with Gasteiger partial charge in [0.25, 0.3) is 0 Å². The normalized spacial score (nSPS) is 13.0. The van der Waals surface area contributed by atoms with Crippen LogP contribution in [0.15, 0.2) is 97.1 Å². The third-order valence-corrected chi connectivity index (χ3v) is 7.70. The Bertz CT molecular complexity index is 1250. The second-order valence-electron chi connectivity index (χ2n) is 11.4. The molecule has 0 N–H and O–H groups in total. The van der Waals surface area contributed by atoms with Gasteiger partial charge in [-0.05, 0) is 85.5 Å². The predicted molar refractivity (Wildman–Crippen MR) is 170 cm³/mol. The van der Waals surface area contributed by atoms with Crippen molar-refractivity contribution in [2.24, 2.45) is 0 Å². The summed E-state index contributed by atoms with van der Waals surface area (Å²) in [6.07, 6.45) is 1.59. The molecule has 40 heavy (non-hydrogen) atoms. The smallest absolute Gasteiger partial charge is 0.147 e. The van der Waals surface area contributed by atoms with Gasteiger partial charge in [-0.15, -0.1) is 0 Å². The summed E-state index contributed by atoms with van der Waals surface area (Å²) in [6.45, 7) is 6.11. The molecule has 2 atom stereocenters. The third-order valence-electron chi connectivity index (χ3n) is 7.70. The summed E-state index contributed by atoms with van der Waals surface area (Å²) in [7, 11) is 8.34. The van der Waals surface area contributed by atoms with Crippen LogP contribution in [0.3, 0.4) is 0 Å². The van der Waals surface area contributed by atoms with E-state index in [0.717, 1.165) is 37.1 Å². The number of Topliss-reactive ketones (excluding diaryl/α,β-unsaturated/α-hetero) is 1. The molecule has 4 aromatic carbocycles. The molecule has 0 radical (unpaired) electrons. The summed E-state index contributed by atoms with van der Waals surface area (Å²) >= 11 is 0. The van der Waals surface area contributed by atoms with Crippen molar-refractivity contribution in [3.8, 4) is 22.3 Å². The minimum Gasteiger partial charge on any atom is -0.305 e. The molecule has 0 amide bonds. The van der Waals surface area contributed by atoms with Crippen LogP contribution in [-0.2, 0) is 17.9 Å². The Balaban J connectivity index is 1.47. The number of carbonyl (C=O) groups is 1. The molecule has 0 bridgehead atoms. The molecular weight excluding hydrogens is 488 g/mol. The van der Waals surface area contributed by atoms with Crippen molar-refractivity contribution < 1.29 is 4.79 Å². The lowest BCUT2D eigenvalue weighted by atomic mass is 9.80.